The van der Waals surface area contributed by atoms with E-state index >= 15 is 0 Å². The lowest BCUT2D eigenvalue weighted by Gasteiger charge is -2.18. The van der Waals surface area contributed by atoms with Gasteiger partial charge in [0.25, 0.3) is 0 Å². The number of hydrogen-bond donors (Lipinski definition) is 1. The Morgan fingerprint density at radius 1 is 1.39 bits per heavy atom. The SMILES string of the molecule is CC(N)c1cn2nc(C3CCCCC3)sc2n1.Cl. The molecule has 1 aliphatic carbocycles. The van der Waals surface area contributed by atoms with Gasteiger partial charge in [-0.25, -0.2) is 9.50 Å². The summed E-state index contributed by atoms with van der Waals surface area (Å²) in [5.74, 6) is 0.661. The van der Waals surface area contributed by atoms with Crippen molar-refractivity contribution in [2.75, 3.05) is 0 Å². The van der Waals surface area contributed by atoms with Gasteiger partial charge in [0.1, 0.15) is 5.01 Å². The van der Waals surface area contributed by atoms with Crippen molar-refractivity contribution >= 4 is 28.7 Å². The first kappa shape index (κ1) is 13.8. The van der Waals surface area contributed by atoms with Crippen molar-refractivity contribution in [3.63, 3.8) is 0 Å². The average Bonchev–Trinajstić information content (AvgIpc) is 2.87. The molecular weight excluding hydrogens is 268 g/mol. The molecule has 0 radical (unpaired) electrons. The van der Waals surface area contributed by atoms with Gasteiger partial charge in [-0.15, -0.1) is 12.4 Å². The minimum absolute atomic E-state index is 0. The van der Waals surface area contributed by atoms with Crippen LogP contribution in [-0.2, 0) is 0 Å². The van der Waals surface area contributed by atoms with Gasteiger partial charge >= 0.3 is 0 Å². The molecule has 1 saturated carbocycles. The Labute approximate surface area is 117 Å². The number of imidazole rings is 1. The summed E-state index contributed by atoms with van der Waals surface area (Å²) in [6.45, 7) is 1.95. The summed E-state index contributed by atoms with van der Waals surface area (Å²) in [5, 5.41) is 5.91. The van der Waals surface area contributed by atoms with Crippen LogP contribution in [0.3, 0.4) is 0 Å². The third-order valence-electron chi connectivity index (χ3n) is 3.50. The summed E-state index contributed by atoms with van der Waals surface area (Å²) < 4.78 is 1.90. The number of nitrogens with zero attached hydrogens (tertiary/aromatic N) is 3. The third kappa shape index (κ3) is 2.53. The second-order valence-electron chi connectivity index (χ2n) is 4.96. The van der Waals surface area contributed by atoms with E-state index in [1.54, 1.807) is 11.3 Å². The zero-order valence-corrected chi connectivity index (χ0v) is 12.1. The van der Waals surface area contributed by atoms with E-state index < -0.39 is 0 Å². The topological polar surface area (TPSA) is 56.2 Å². The molecule has 2 aromatic heterocycles. The van der Waals surface area contributed by atoms with Crippen LogP contribution in [0.5, 0.6) is 0 Å². The fourth-order valence-corrected chi connectivity index (χ4v) is 3.52. The molecule has 1 unspecified atom stereocenters. The Kier molecular flexibility index (Phi) is 4.25. The third-order valence-corrected chi connectivity index (χ3v) is 4.58. The van der Waals surface area contributed by atoms with Gasteiger partial charge in [-0.05, 0) is 19.8 Å². The maximum atomic E-state index is 5.82. The molecule has 6 heteroatoms. The van der Waals surface area contributed by atoms with Crippen molar-refractivity contribution < 1.29 is 0 Å². The van der Waals surface area contributed by atoms with E-state index in [9.17, 15) is 0 Å². The second-order valence-corrected chi connectivity index (χ2v) is 5.94. The highest BCUT2D eigenvalue weighted by molar-refractivity contribution is 7.16. The van der Waals surface area contributed by atoms with Crippen LogP contribution in [0.1, 0.15) is 61.7 Å². The van der Waals surface area contributed by atoms with E-state index in [4.69, 9.17) is 5.73 Å². The van der Waals surface area contributed by atoms with E-state index in [0.29, 0.717) is 5.92 Å². The highest BCUT2D eigenvalue weighted by Gasteiger charge is 2.20. The zero-order chi connectivity index (χ0) is 11.8. The fourth-order valence-electron chi connectivity index (χ4n) is 2.47. The van der Waals surface area contributed by atoms with Crippen LogP contribution in [-0.4, -0.2) is 14.6 Å². The Morgan fingerprint density at radius 2 is 2.11 bits per heavy atom. The molecule has 1 aliphatic rings. The van der Waals surface area contributed by atoms with Crippen LogP contribution < -0.4 is 5.73 Å². The lowest BCUT2D eigenvalue weighted by molar-refractivity contribution is 0.439. The van der Waals surface area contributed by atoms with Crippen molar-refractivity contribution in [1.29, 1.82) is 0 Å². The molecular formula is C12H19ClN4S. The van der Waals surface area contributed by atoms with E-state index in [1.807, 2.05) is 17.6 Å². The number of hydrogen-bond acceptors (Lipinski definition) is 4. The zero-order valence-electron chi connectivity index (χ0n) is 10.5. The summed E-state index contributed by atoms with van der Waals surface area (Å²) in [6.07, 6.45) is 8.61. The summed E-state index contributed by atoms with van der Waals surface area (Å²) in [4.78, 5) is 5.51. The lowest BCUT2D eigenvalue weighted by Crippen LogP contribution is -2.06. The van der Waals surface area contributed by atoms with E-state index in [1.165, 1.54) is 37.1 Å². The molecule has 0 aliphatic heterocycles. The normalized spacial score (nSPS) is 18.8. The Hall–Kier alpha value is -0.650. The molecule has 0 amide bonds. The van der Waals surface area contributed by atoms with E-state index in [-0.39, 0.29) is 18.4 Å². The Morgan fingerprint density at radius 3 is 2.72 bits per heavy atom. The molecule has 2 heterocycles. The Bertz CT molecular complexity index is 482. The second kappa shape index (κ2) is 5.55. The first-order valence-corrected chi connectivity index (χ1v) is 7.17. The molecule has 0 spiro atoms. The van der Waals surface area contributed by atoms with Gasteiger partial charge < -0.3 is 5.73 Å². The molecule has 0 aromatic carbocycles. The van der Waals surface area contributed by atoms with E-state index in [0.717, 1.165) is 10.7 Å². The monoisotopic (exact) mass is 286 g/mol. The highest BCUT2D eigenvalue weighted by atomic mass is 35.5. The van der Waals surface area contributed by atoms with Gasteiger partial charge in [0.05, 0.1) is 11.9 Å². The predicted molar refractivity (Wildman–Crippen MR) is 76.5 cm³/mol. The van der Waals surface area contributed by atoms with Crippen LogP contribution in [0, 0.1) is 0 Å². The van der Waals surface area contributed by atoms with Crippen molar-refractivity contribution in [3.8, 4) is 0 Å². The fraction of sp³-hybridized carbons (Fsp3) is 0.667. The van der Waals surface area contributed by atoms with Crippen LogP contribution >= 0.6 is 23.7 Å². The number of aromatic nitrogens is 3. The van der Waals surface area contributed by atoms with Crippen molar-refractivity contribution in [2.45, 2.75) is 51.0 Å². The molecule has 0 saturated heterocycles. The van der Waals surface area contributed by atoms with Gasteiger partial charge in [-0.3, -0.25) is 0 Å². The molecule has 3 rings (SSSR count). The van der Waals surface area contributed by atoms with Crippen LogP contribution in [0.25, 0.3) is 4.96 Å². The predicted octanol–water partition coefficient (Wildman–Crippen LogP) is 3.28. The quantitative estimate of drug-likeness (QED) is 0.922. The average molecular weight is 287 g/mol. The highest BCUT2D eigenvalue weighted by Crippen LogP contribution is 2.34. The van der Waals surface area contributed by atoms with Crippen molar-refractivity contribution in [2.24, 2.45) is 5.73 Å². The summed E-state index contributed by atoms with van der Waals surface area (Å²) in [7, 11) is 0. The van der Waals surface area contributed by atoms with Gasteiger partial charge in [-0.2, -0.15) is 5.10 Å². The van der Waals surface area contributed by atoms with Crippen molar-refractivity contribution in [3.05, 3.63) is 16.9 Å². The first-order valence-electron chi connectivity index (χ1n) is 6.35. The molecule has 1 fully saturated rings. The number of fused-ring (bicyclic) bond motifs is 1. The minimum Gasteiger partial charge on any atom is -0.323 e. The van der Waals surface area contributed by atoms with E-state index in [2.05, 4.69) is 10.1 Å². The smallest absolute Gasteiger partial charge is 0.212 e. The van der Waals surface area contributed by atoms with Gasteiger partial charge in [0.2, 0.25) is 4.96 Å². The lowest BCUT2D eigenvalue weighted by atomic mass is 9.90. The summed E-state index contributed by atoms with van der Waals surface area (Å²) in [6, 6.07) is -0.0120. The molecule has 1 atom stereocenters. The number of nitrogens with two attached hydrogens (primary N) is 1. The Balaban J connectivity index is 0.00000120. The van der Waals surface area contributed by atoms with Gasteiger partial charge in [0.15, 0.2) is 0 Å². The van der Waals surface area contributed by atoms with Crippen molar-refractivity contribution in [1.82, 2.24) is 14.6 Å². The molecule has 2 N–H and O–H groups in total. The molecule has 2 aromatic rings. The van der Waals surface area contributed by atoms with Crippen LogP contribution in [0.2, 0.25) is 0 Å². The number of rotatable bonds is 2. The van der Waals surface area contributed by atoms with Gasteiger partial charge in [0, 0.05) is 12.0 Å². The molecule has 18 heavy (non-hydrogen) atoms. The summed E-state index contributed by atoms with van der Waals surface area (Å²) >= 11 is 1.73. The minimum atomic E-state index is -0.0120. The maximum absolute atomic E-state index is 5.82. The molecule has 0 bridgehead atoms. The first-order chi connectivity index (χ1) is 8.24. The largest absolute Gasteiger partial charge is 0.323 e. The molecule has 100 valence electrons. The van der Waals surface area contributed by atoms with Crippen LogP contribution in [0.15, 0.2) is 6.20 Å². The standard InChI is InChI=1S/C12H18N4S.ClH/c1-8(13)10-7-16-12(14-10)17-11(15-16)9-5-3-2-4-6-9;/h7-9H,2-6,13H2,1H3;1H. The summed E-state index contributed by atoms with van der Waals surface area (Å²) in [5.41, 5.74) is 6.75. The molecule has 4 nitrogen and oxygen atoms in total. The maximum Gasteiger partial charge on any atom is 0.212 e. The van der Waals surface area contributed by atoms with Crippen LogP contribution in [0.4, 0.5) is 0 Å². The number of halogens is 1. The van der Waals surface area contributed by atoms with Gasteiger partial charge in [-0.1, -0.05) is 30.6 Å².